The first kappa shape index (κ1) is 21.8. The Labute approximate surface area is 147 Å². The summed E-state index contributed by atoms with van der Waals surface area (Å²) in [5.41, 5.74) is 0. The maximum absolute atomic E-state index is 10.7. The molecule has 1 aliphatic heterocycles. The molecule has 7 heteroatoms. The van der Waals surface area contributed by atoms with Gasteiger partial charge in [-0.25, -0.2) is 4.18 Å². The predicted octanol–water partition coefficient (Wildman–Crippen LogP) is 4.10. The van der Waals surface area contributed by atoms with E-state index in [1.54, 1.807) is 0 Å². The molecule has 24 heavy (non-hydrogen) atoms. The molecule has 1 heterocycles. The predicted molar refractivity (Wildman–Crippen MR) is 93.1 cm³/mol. The second kappa shape index (κ2) is 12.2. The summed E-state index contributed by atoms with van der Waals surface area (Å²) in [6, 6.07) is 0. The van der Waals surface area contributed by atoms with E-state index in [0.29, 0.717) is 18.9 Å². The average molecular weight is 367 g/mol. The summed E-state index contributed by atoms with van der Waals surface area (Å²) >= 11 is 0. The molecular weight excluding hydrogens is 332 g/mol. The topological polar surface area (TPSA) is 82.1 Å². The molecule has 1 rings (SSSR count). The van der Waals surface area contributed by atoms with Gasteiger partial charge in [-0.15, -0.1) is 0 Å². The third-order valence-electron chi connectivity index (χ3n) is 4.42. The van der Waals surface area contributed by atoms with Crippen LogP contribution in [0, 0.1) is 5.92 Å². The van der Waals surface area contributed by atoms with Crippen molar-refractivity contribution in [2.75, 3.05) is 13.2 Å². The average Bonchev–Trinajstić information content (AvgIpc) is 2.55. The van der Waals surface area contributed by atoms with Gasteiger partial charge in [0.2, 0.25) is 0 Å². The van der Waals surface area contributed by atoms with Crippen molar-refractivity contribution in [2.24, 2.45) is 5.92 Å². The van der Waals surface area contributed by atoms with E-state index in [9.17, 15) is 8.42 Å². The first-order valence-electron chi connectivity index (χ1n) is 9.35. The number of hydrogen-bond acceptors (Lipinski definition) is 5. The van der Waals surface area contributed by atoms with Crippen molar-refractivity contribution < 1.29 is 26.6 Å². The Hall–Kier alpha value is -0.210. The molecule has 144 valence electrons. The first-order chi connectivity index (χ1) is 11.5. The quantitative estimate of drug-likeness (QED) is 0.390. The maximum atomic E-state index is 10.7. The van der Waals surface area contributed by atoms with E-state index in [0.717, 1.165) is 19.3 Å². The summed E-state index contributed by atoms with van der Waals surface area (Å²) in [6.07, 6.45) is 10.6. The summed E-state index contributed by atoms with van der Waals surface area (Å²) in [5, 5.41) is 0. The number of hydrogen-bond donors (Lipinski definition) is 1. The van der Waals surface area contributed by atoms with Gasteiger partial charge in [0.25, 0.3) is 0 Å². The van der Waals surface area contributed by atoms with Crippen molar-refractivity contribution in [3.63, 3.8) is 0 Å². The molecule has 0 amide bonds. The lowest BCUT2D eigenvalue weighted by Gasteiger charge is -2.34. The van der Waals surface area contributed by atoms with Crippen molar-refractivity contribution in [1.82, 2.24) is 0 Å². The molecule has 0 spiro atoms. The van der Waals surface area contributed by atoms with Crippen LogP contribution in [0.1, 0.15) is 78.1 Å². The van der Waals surface area contributed by atoms with Crippen LogP contribution in [-0.4, -0.2) is 38.6 Å². The standard InChI is InChI=1S/C17H34O6S/c1-3-5-6-7-8-9-11-15(10-4-2)17-21-13-12-16(23-17)14-22-24(18,19)20/h15-17H,3-14H2,1-2H3,(H,18,19,20). The summed E-state index contributed by atoms with van der Waals surface area (Å²) in [4.78, 5) is 0. The highest BCUT2D eigenvalue weighted by atomic mass is 32.3. The Morgan fingerprint density at radius 1 is 1.08 bits per heavy atom. The fourth-order valence-electron chi connectivity index (χ4n) is 3.12. The SMILES string of the molecule is CCCCCCCCC(CCC)C1OCCC(COS(=O)(=O)O)O1. The molecule has 1 aliphatic rings. The lowest BCUT2D eigenvalue weighted by molar-refractivity contribution is -0.242. The Morgan fingerprint density at radius 3 is 2.46 bits per heavy atom. The molecule has 0 aromatic heterocycles. The van der Waals surface area contributed by atoms with Gasteiger partial charge in [-0.05, 0) is 19.3 Å². The van der Waals surface area contributed by atoms with Crippen molar-refractivity contribution in [3.8, 4) is 0 Å². The van der Waals surface area contributed by atoms with E-state index < -0.39 is 10.4 Å². The molecule has 0 radical (unpaired) electrons. The van der Waals surface area contributed by atoms with E-state index in [-0.39, 0.29) is 19.0 Å². The van der Waals surface area contributed by atoms with Crippen LogP contribution in [0.5, 0.6) is 0 Å². The van der Waals surface area contributed by atoms with Gasteiger partial charge in [0.1, 0.15) is 0 Å². The zero-order chi connectivity index (χ0) is 17.8. The molecule has 0 aliphatic carbocycles. The molecule has 6 nitrogen and oxygen atoms in total. The van der Waals surface area contributed by atoms with Crippen LogP contribution in [0.2, 0.25) is 0 Å². The molecule has 3 atom stereocenters. The van der Waals surface area contributed by atoms with E-state index in [2.05, 4.69) is 18.0 Å². The fraction of sp³-hybridized carbons (Fsp3) is 1.00. The smallest absolute Gasteiger partial charge is 0.352 e. The van der Waals surface area contributed by atoms with Crippen LogP contribution in [0.25, 0.3) is 0 Å². The van der Waals surface area contributed by atoms with Crippen molar-refractivity contribution in [2.45, 2.75) is 90.4 Å². The highest BCUT2D eigenvalue weighted by Crippen LogP contribution is 2.27. The summed E-state index contributed by atoms with van der Waals surface area (Å²) in [7, 11) is -4.42. The minimum absolute atomic E-state index is 0.158. The normalized spacial score (nSPS) is 23.3. The van der Waals surface area contributed by atoms with Gasteiger partial charge in [0, 0.05) is 5.92 Å². The lowest BCUT2D eigenvalue weighted by atomic mass is 9.94. The molecule has 3 unspecified atom stereocenters. The van der Waals surface area contributed by atoms with Gasteiger partial charge >= 0.3 is 10.4 Å². The van der Waals surface area contributed by atoms with Gasteiger partial charge in [-0.3, -0.25) is 4.55 Å². The molecule has 1 N–H and O–H groups in total. The van der Waals surface area contributed by atoms with Crippen LogP contribution >= 0.6 is 0 Å². The number of unbranched alkanes of at least 4 members (excludes halogenated alkanes) is 5. The van der Waals surface area contributed by atoms with Crippen LogP contribution in [0.4, 0.5) is 0 Å². The monoisotopic (exact) mass is 366 g/mol. The zero-order valence-corrected chi connectivity index (χ0v) is 15.9. The Morgan fingerprint density at radius 2 is 1.79 bits per heavy atom. The highest BCUT2D eigenvalue weighted by molar-refractivity contribution is 7.80. The third-order valence-corrected chi connectivity index (χ3v) is 4.86. The Kier molecular flexibility index (Phi) is 11.1. The zero-order valence-electron chi connectivity index (χ0n) is 15.1. The molecular formula is C17H34O6S. The molecule has 0 saturated carbocycles. The number of rotatable bonds is 13. The number of ether oxygens (including phenoxy) is 2. The Bertz CT molecular complexity index is 411. The third kappa shape index (κ3) is 9.93. The van der Waals surface area contributed by atoms with Gasteiger partial charge < -0.3 is 9.47 Å². The summed E-state index contributed by atoms with van der Waals surface area (Å²) < 4.78 is 46.1. The van der Waals surface area contributed by atoms with E-state index in [1.165, 1.54) is 38.5 Å². The summed E-state index contributed by atoms with van der Waals surface area (Å²) in [6.45, 7) is 4.74. The van der Waals surface area contributed by atoms with E-state index >= 15 is 0 Å². The minimum Gasteiger partial charge on any atom is -0.352 e. The van der Waals surface area contributed by atoms with E-state index in [4.69, 9.17) is 14.0 Å². The van der Waals surface area contributed by atoms with Crippen molar-refractivity contribution in [1.29, 1.82) is 0 Å². The highest BCUT2D eigenvalue weighted by Gasteiger charge is 2.30. The van der Waals surface area contributed by atoms with Gasteiger partial charge in [-0.1, -0.05) is 58.8 Å². The van der Waals surface area contributed by atoms with E-state index in [1.807, 2.05) is 0 Å². The van der Waals surface area contributed by atoms with Gasteiger partial charge in [0.05, 0.1) is 19.3 Å². The molecule has 1 fully saturated rings. The molecule has 0 bridgehead atoms. The fourth-order valence-corrected chi connectivity index (χ4v) is 3.44. The van der Waals surface area contributed by atoms with Gasteiger partial charge in [-0.2, -0.15) is 8.42 Å². The first-order valence-corrected chi connectivity index (χ1v) is 10.7. The maximum Gasteiger partial charge on any atom is 0.397 e. The largest absolute Gasteiger partial charge is 0.397 e. The van der Waals surface area contributed by atoms with Gasteiger partial charge in [0.15, 0.2) is 6.29 Å². The van der Waals surface area contributed by atoms with Crippen molar-refractivity contribution in [3.05, 3.63) is 0 Å². The second-order valence-corrected chi connectivity index (χ2v) is 7.69. The van der Waals surface area contributed by atoms with Crippen LogP contribution in [0.15, 0.2) is 0 Å². The Balaban J connectivity index is 2.36. The molecule has 0 aromatic rings. The molecule has 1 saturated heterocycles. The van der Waals surface area contributed by atoms with Crippen LogP contribution < -0.4 is 0 Å². The van der Waals surface area contributed by atoms with Crippen LogP contribution in [0.3, 0.4) is 0 Å². The van der Waals surface area contributed by atoms with Crippen LogP contribution in [-0.2, 0) is 24.1 Å². The molecule has 0 aromatic carbocycles. The minimum atomic E-state index is -4.42. The lowest BCUT2D eigenvalue weighted by Crippen LogP contribution is -2.39. The summed E-state index contributed by atoms with van der Waals surface area (Å²) in [5.74, 6) is 0.328. The van der Waals surface area contributed by atoms with Crippen molar-refractivity contribution >= 4 is 10.4 Å². The second-order valence-electron chi connectivity index (χ2n) is 6.60.